The number of likely N-dealkylation sites (tertiary alicyclic amines) is 1. The summed E-state index contributed by atoms with van der Waals surface area (Å²) in [6, 6.07) is 2.31. The summed E-state index contributed by atoms with van der Waals surface area (Å²) in [6.07, 6.45) is 7.22. The Kier molecular flexibility index (Phi) is 2.31. The maximum atomic E-state index is 8.60. The Balaban J connectivity index is 2.46. The van der Waals surface area contributed by atoms with Gasteiger partial charge < -0.3 is 0 Å². The zero-order chi connectivity index (χ0) is 7.40. The molecule has 1 rings (SSSR count). The molecule has 0 aromatic carbocycles. The fourth-order valence-electron chi connectivity index (χ4n) is 1.28. The van der Waals surface area contributed by atoms with Crippen LogP contribution in [-0.2, 0) is 0 Å². The largest absolute Gasteiger partial charge is 0.277 e. The molecule has 52 valence electrons. The molecule has 0 radical (unpaired) electrons. The summed E-state index contributed by atoms with van der Waals surface area (Å²) in [7, 11) is 0. The van der Waals surface area contributed by atoms with Gasteiger partial charge in [-0.1, -0.05) is 5.92 Å². The van der Waals surface area contributed by atoms with Crippen molar-refractivity contribution < 1.29 is 0 Å². The van der Waals surface area contributed by atoms with Gasteiger partial charge in [-0.05, 0) is 12.8 Å². The van der Waals surface area contributed by atoms with Crippen LogP contribution in [0.4, 0.5) is 0 Å². The van der Waals surface area contributed by atoms with E-state index in [4.69, 9.17) is 11.7 Å². The van der Waals surface area contributed by atoms with Crippen molar-refractivity contribution in [2.75, 3.05) is 13.1 Å². The second-order valence-corrected chi connectivity index (χ2v) is 2.46. The summed E-state index contributed by atoms with van der Waals surface area (Å²) in [4.78, 5) is 2.04. The molecule has 0 aliphatic carbocycles. The van der Waals surface area contributed by atoms with Crippen LogP contribution >= 0.6 is 0 Å². The molecule has 1 unspecified atom stereocenters. The molecule has 2 heteroatoms. The smallest absolute Gasteiger partial charge is 0.0986 e. The zero-order valence-electron chi connectivity index (χ0n) is 5.88. The zero-order valence-corrected chi connectivity index (χ0v) is 5.88. The highest BCUT2D eigenvalue weighted by Gasteiger charge is 2.22. The standard InChI is InChI=1S/C8H10N2/c1-2-5-10-6-3-4-8(10)7-9/h1,8H,3-6H2. The van der Waals surface area contributed by atoms with Crippen molar-refractivity contribution in [1.82, 2.24) is 4.90 Å². The van der Waals surface area contributed by atoms with Gasteiger partial charge in [0, 0.05) is 6.54 Å². The van der Waals surface area contributed by atoms with Gasteiger partial charge in [-0.15, -0.1) is 6.42 Å². The highest BCUT2D eigenvalue weighted by atomic mass is 15.2. The first-order valence-corrected chi connectivity index (χ1v) is 3.45. The molecule has 1 aliphatic heterocycles. The summed E-state index contributed by atoms with van der Waals surface area (Å²) in [5, 5.41) is 8.60. The lowest BCUT2D eigenvalue weighted by Gasteiger charge is -2.14. The van der Waals surface area contributed by atoms with Gasteiger partial charge in [-0.25, -0.2) is 0 Å². The lowest BCUT2D eigenvalue weighted by molar-refractivity contribution is 0.333. The van der Waals surface area contributed by atoms with Crippen molar-refractivity contribution >= 4 is 0 Å². The molecule has 0 spiro atoms. The molecule has 1 heterocycles. The van der Waals surface area contributed by atoms with Crippen molar-refractivity contribution in [1.29, 1.82) is 5.26 Å². The quantitative estimate of drug-likeness (QED) is 0.491. The Labute approximate surface area is 61.4 Å². The van der Waals surface area contributed by atoms with E-state index in [0.717, 1.165) is 19.4 Å². The SMILES string of the molecule is C#CCN1CCCC1C#N. The van der Waals surface area contributed by atoms with Crippen molar-refractivity contribution in [3.05, 3.63) is 0 Å². The summed E-state index contributed by atoms with van der Waals surface area (Å²) in [6.45, 7) is 1.61. The molecular formula is C8H10N2. The van der Waals surface area contributed by atoms with Crippen LogP contribution in [0, 0.1) is 23.7 Å². The van der Waals surface area contributed by atoms with Crippen LogP contribution in [0.5, 0.6) is 0 Å². The number of nitrogens with zero attached hydrogens (tertiary/aromatic N) is 2. The van der Waals surface area contributed by atoms with E-state index in [1.54, 1.807) is 0 Å². The second kappa shape index (κ2) is 3.25. The lowest BCUT2D eigenvalue weighted by atomic mass is 10.2. The van der Waals surface area contributed by atoms with Crippen molar-refractivity contribution in [2.45, 2.75) is 18.9 Å². The third kappa shape index (κ3) is 1.29. The molecule has 10 heavy (non-hydrogen) atoms. The number of hydrogen-bond acceptors (Lipinski definition) is 2. The van der Waals surface area contributed by atoms with Crippen LogP contribution in [-0.4, -0.2) is 24.0 Å². The monoisotopic (exact) mass is 134 g/mol. The van der Waals surface area contributed by atoms with Gasteiger partial charge in [-0.2, -0.15) is 5.26 Å². The molecule has 1 atom stereocenters. The van der Waals surface area contributed by atoms with E-state index in [-0.39, 0.29) is 6.04 Å². The van der Waals surface area contributed by atoms with E-state index < -0.39 is 0 Å². The lowest BCUT2D eigenvalue weighted by Crippen LogP contribution is -2.28. The minimum Gasteiger partial charge on any atom is -0.277 e. The first kappa shape index (κ1) is 7.12. The molecule has 1 aliphatic rings. The molecule has 1 fully saturated rings. The number of rotatable bonds is 1. The molecule has 0 bridgehead atoms. The Hall–Kier alpha value is -0.990. The van der Waals surface area contributed by atoms with E-state index >= 15 is 0 Å². The first-order chi connectivity index (χ1) is 4.88. The van der Waals surface area contributed by atoms with Gasteiger partial charge in [0.15, 0.2) is 0 Å². The van der Waals surface area contributed by atoms with Gasteiger partial charge in [0.1, 0.15) is 0 Å². The summed E-state index contributed by atoms with van der Waals surface area (Å²) < 4.78 is 0. The van der Waals surface area contributed by atoms with Crippen LogP contribution in [0.2, 0.25) is 0 Å². The first-order valence-electron chi connectivity index (χ1n) is 3.45. The van der Waals surface area contributed by atoms with E-state index in [2.05, 4.69) is 12.0 Å². The molecule has 2 nitrogen and oxygen atoms in total. The minimum absolute atomic E-state index is 0.0797. The molecule has 0 N–H and O–H groups in total. The maximum absolute atomic E-state index is 8.60. The molecular weight excluding hydrogens is 124 g/mol. The predicted molar refractivity (Wildman–Crippen MR) is 39.0 cm³/mol. The summed E-state index contributed by atoms with van der Waals surface area (Å²) in [5.41, 5.74) is 0. The summed E-state index contributed by atoms with van der Waals surface area (Å²) in [5.74, 6) is 2.55. The topological polar surface area (TPSA) is 27.0 Å². The van der Waals surface area contributed by atoms with Gasteiger partial charge in [-0.3, -0.25) is 4.90 Å². The minimum atomic E-state index is 0.0797. The van der Waals surface area contributed by atoms with Gasteiger partial charge in [0.05, 0.1) is 18.7 Å². The fraction of sp³-hybridized carbons (Fsp3) is 0.625. The van der Waals surface area contributed by atoms with Crippen LogP contribution in [0.1, 0.15) is 12.8 Å². The Morgan fingerprint density at radius 3 is 3.10 bits per heavy atom. The molecule has 1 saturated heterocycles. The van der Waals surface area contributed by atoms with Crippen molar-refractivity contribution in [3.63, 3.8) is 0 Å². The Bertz CT molecular complexity index is 184. The highest BCUT2D eigenvalue weighted by molar-refractivity contribution is 5.00. The Morgan fingerprint density at radius 2 is 2.50 bits per heavy atom. The third-order valence-corrected chi connectivity index (χ3v) is 1.81. The van der Waals surface area contributed by atoms with E-state index in [0.29, 0.717) is 6.54 Å². The van der Waals surface area contributed by atoms with Crippen LogP contribution in [0.25, 0.3) is 0 Å². The molecule has 0 aromatic heterocycles. The average Bonchev–Trinajstić information content (AvgIpc) is 2.36. The molecule has 0 aromatic rings. The van der Waals surface area contributed by atoms with Crippen molar-refractivity contribution in [2.24, 2.45) is 0 Å². The normalized spacial score (nSPS) is 25.6. The number of nitriles is 1. The van der Waals surface area contributed by atoms with Crippen LogP contribution in [0.3, 0.4) is 0 Å². The fourth-order valence-corrected chi connectivity index (χ4v) is 1.28. The van der Waals surface area contributed by atoms with Crippen molar-refractivity contribution in [3.8, 4) is 18.4 Å². The average molecular weight is 134 g/mol. The molecule has 0 saturated carbocycles. The van der Waals surface area contributed by atoms with E-state index in [1.165, 1.54) is 0 Å². The van der Waals surface area contributed by atoms with Gasteiger partial charge in [0.25, 0.3) is 0 Å². The Morgan fingerprint density at radius 1 is 1.70 bits per heavy atom. The van der Waals surface area contributed by atoms with Crippen LogP contribution in [0.15, 0.2) is 0 Å². The van der Waals surface area contributed by atoms with E-state index in [9.17, 15) is 0 Å². The number of terminal acetylenes is 1. The van der Waals surface area contributed by atoms with Gasteiger partial charge in [0.2, 0.25) is 0 Å². The predicted octanol–water partition coefficient (Wildman–Crippen LogP) is 0.608. The van der Waals surface area contributed by atoms with Gasteiger partial charge >= 0.3 is 0 Å². The third-order valence-electron chi connectivity index (χ3n) is 1.81. The summed E-state index contributed by atoms with van der Waals surface area (Å²) >= 11 is 0. The maximum Gasteiger partial charge on any atom is 0.0986 e. The van der Waals surface area contributed by atoms with E-state index in [1.807, 2.05) is 4.90 Å². The second-order valence-electron chi connectivity index (χ2n) is 2.46. The highest BCUT2D eigenvalue weighted by Crippen LogP contribution is 2.14. The number of hydrogen-bond donors (Lipinski definition) is 0. The molecule has 0 amide bonds. The van der Waals surface area contributed by atoms with Crippen LogP contribution < -0.4 is 0 Å².